The van der Waals surface area contributed by atoms with Crippen LogP contribution in [0.1, 0.15) is 11.1 Å². The highest BCUT2D eigenvalue weighted by Crippen LogP contribution is 2.33. The van der Waals surface area contributed by atoms with Gasteiger partial charge in [-0.25, -0.2) is 0 Å². The quantitative estimate of drug-likeness (QED) is 0.775. The van der Waals surface area contributed by atoms with Gasteiger partial charge >= 0.3 is 6.18 Å². The fraction of sp³-hybridized carbons (Fsp3) is 0.0714. The molecule has 0 spiro atoms. The zero-order valence-corrected chi connectivity index (χ0v) is 12.8. The molecular weight excluding hydrogens is 367 g/mol. The minimum Gasteiger partial charge on any atom is -0.457 e. The molecule has 0 aliphatic heterocycles. The molecule has 0 unspecified atom stereocenters. The van der Waals surface area contributed by atoms with Crippen LogP contribution in [0.2, 0.25) is 0 Å². The first kappa shape index (κ1) is 15.8. The maximum atomic E-state index is 12.5. The van der Waals surface area contributed by atoms with Crippen molar-refractivity contribution in [3.8, 4) is 11.5 Å². The zero-order chi connectivity index (χ0) is 15.6. The molecule has 0 radical (unpaired) electrons. The molecule has 2 rings (SSSR count). The van der Waals surface area contributed by atoms with Crippen LogP contribution in [0.4, 0.5) is 13.2 Å². The van der Waals surface area contributed by atoms with E-state index in [0.29, 0.717) is 15.8 Å². The van der Waals surface area contributed by atoms with Gasteiger partial charge in [-0.1, -0.05) is 18.3 Å². The summed E-state index contributed by atoms with van der Waals surface area (Å²) in [6.07, 6.45) is -4.38. The minimum absolute atomic E-state index is 0.129. The molecule has 0 atom stereocenters. The molecule has 2 N–H and O–H groups in total. The summed E-state index contributed by atoms with van der Waals surface area (Å²) in [5, 5.41) is 0. The molecule has 2 aromatic rings. The second-order valence-electron chi connectivity index (χ2n) is 4.10. The number of benzene rings is 2. The van der Waals surface area contributed by atoms with Gasteiger partial charge in [0.1, 0.15) is 16.5 Å². The fourth-order valence-electron chi connectivity index (χ4n) is 1.67. The molecule has 110 valence electrons. The van der Waals surface area contributed by atoms with Crippen molar-refractivity contribution in [1.82, 2.24) is 0 Å². The molecule has 0 saturated heterocycles. The Bertz CT molecular complexity index is 671. The van der Waals surface area contributed by atoms with Gasteiger partial charge in [0, 0.05) is 4.47 Å². The number of thiocarbonyl (C=S) groups is 1. The SMILES string of the molecule is NC(=S)c1c(Br)cccc1Oc1ccc(C(F)(F)F)cc1. The summed E-state index contributed by atoms with van der Waals surface area (Å²) in [4.78, 5) is 0.129. The van der Waals surface area contributed by atoms with Gasteiger partial charge in [0.05, 0.1) is 11.1 Å². The molecule has 0 saturated carbocycles. The van der Waals surface area contributed by atoms with E-state index in [-0.39, 0.29) is 10.7 Å². The lowest BCUT2D eigenvalue weighted by Gasteiger charge is -2.12. The van der Waals surface area contributed by atoms with Crippen molar-refractivity contribution >= 4 is 33.1 Å². The van der Waals surface area contributed by atoms with Gasteiger partial charge in [0.25, 0.3) is 0 Å². The van der Waals surface area contributed by atoms with Crippen LogP contribution in [0.3, 0.4) is 0 Å². The van der Waals surface area contributed by atoms with Crippen molar-refractivity contribution in [2.45, 2.75) is 6.18 Å². The van der Waals surface area contributed by atoms with Crippen LogP contribution in [0.25, 0.3) is 0 Å². The number of rotatable bonds is 3. The smallest absolute Gasteiger partial charge is 0.416 e. The Kier molecular flexibility index (Phi) is 4.53. The normalized spacial score (nSPS) is 11.2. The van der Waals surface area contributed by atoms with E-state index in [9.17, 15) is 13.2 Å². The number of nitrogens with two attached hydrogens (primary N) is 1. The summed E-state index contributed by atoms with van der Waals surface area (Å²) in [5.41, 5.74) is 5.38. The van der Waals surface area contributed by atoms with Gasteiger partial charge in [-0.3, -0.25) is 0 Å². The van der Waals surface area contributed by atoms with Crippen molar-refractivity contribution in [3.63, 3.8) is 0 Å². The van der Waals surface area contributed by atoms with E-state index in [1.54, 1.807) is 18.2 Å². The van der Waals surface area contributed by atoms with E-state index in [1.807, 2.05) is 0 Å². The monoisotopic (exact) mass is 375 g/mol. The number of halogens is 4. The van der Waals surface area contributed by atoms with Gasteiger partial charge in [-0.05, 0) is 52.3 Å². The van der Waals surface area contributed by atoms with E-state index in [2.05, 4.69) is 15.9 Å². The molecule has 7 heteroatoms. The molecule has 0 fully saturated rings. The van der Waals surface area contributed by atoms with Gasteiger partial charge in [0.2, 0.25) is 0 Å². The number of hydrogen-bond donors (Lipinski definition) is 1. The van der Waals surface area contributed by atoms with Crippen molar-refractivity contribution in [3.05, 3.63) is 58.1 Å². The highest BCUT2D eigenvalue weighted by molar-refractivity contribution is 9.10. The number of ether oxygens (including phenoxy) is 1. The maximum Gasteiger partial charge on any atom is 0.416 e. The van der Waals surface area contributed by atoms with Crippen molar-refractivity contribution in [2.75, 3.05) is 0 Å². The van der Waals surface area contributed by atoms with Crippen LogP contribution in [-0.4, -0.2) is 4.99 Å². The second kappa shape index (κ2) is 6.03. The van der Waals surface area contributed by atoms with E-state index in [1.165, 1.54) is 12.1 Å². The first-order valence-corrected chi connectivity index (χ1v) is 6.92. The predicted octanol–water partition coefficient (Wildman–Crippen LogP) is 4.89. The lowest BCUT2D eigenvalue weighted by molar-refractivity contribution is -0.137. The summed E-state index contributed by atoms with van der Waals surface area (Å²) in [5.74, 6) is 0.634. The molecule has 0 amide bonds. The molecule has 0 aliphatic carbocycles. The summed E-state index contributed by atoms with van der Waals surface area (Å²) in [6.45, 7) is 0. The number of hydrogen-bond acceptors (Lipinski definition) is 2. The Balaban J connectivity index is 2.31. The molecule has 2 aromatic carbocycles. The molecule has 0 bridgehead atoms. The third-order valence-corrected chi connectivity index (χ3v) is 3.50. The molecule has 2 nitrogen and oxygen atoms in total. The third kappa shape index (κ3) is 3.74. The van der Waals surface area contributed by atoms with Crippen LogP contribution in [0.5, 0.6) is 11.5 Å². The molecular formula is C14H9BrF3NOS. The van der Waals surface area contributed by atoms with E-state index >= 15 is 0 Å². The topological polar surface area (TPSA) is 35.2 Å². The van der Waals surface area contributed by atoms with Crippen molar-refractivity contribution in [1.29, 1.82) is 0 Å². The molecule has 0 heterocycles. The van der Waals surface area contributed by atoms with E-state index in [4.69, 9.17) is 22.7 Å². The summed E-state index contributed by atoms with van der Waals surface area (Å²) >= 11 is 8.24. The Hall–Kier alpha value is -1.60. The van der Waals surface area contributed by atoms with Crippen LogP contribution in [0, 0.1) is 0 Å². The van der Waals surface area contributed by atoms with Crippen LogP contribution < -0.4 is 10.5 Å². The first-order valence-electron chi connectivity index (χ1n) is 5.72. The lowest BCUT2D eigenvalue weighted by atomic mass is 10.2. The Labute approximate surface area is 132 Å². The highest BCUT2D eigenvalue weighted by atomic mass is 79.9. The largest absolute Gasteiger partial charge is 0.457 e. The summed E-state index contributed by atoms with van der Waals surface area (Å²) < 4.78 is 43.7. The van der Waals surface area contributed by atoms with Gasteiger partial charge in [0.15, 0.2) is 0 Å². The van der Waals surface area contributed by atoms with Crippen LogP contribution in [-0.2, 0) is 6.18 Å². The molecule has 0 aliphatic rings. The fourth-order valence-corrected chi connectivity index (χ4v) is 2.57. The maximum absolute atomic E-state index is 12.5. The van der Waals surface area contributed by atoms with Crippen molar-refractivity contribution < 1.29 is 17.9 Å². The molecule has 21 heavy (non-hydrogen) atoms. The summed E-state index contributed by atoms with van der Waals surface area (Å²) in [6, 6.07) is 9.48. The average molecular weight is 376 g/mol. The number of alkyl halides is 3. The molecule has 0 aromatic heterocycles. The zero-order valence-electron chi connectivity index (χ0n) is 10.4. The Morgan fingerprint density at radius 1 is 1.10 bits per heavy atom. The second-order valence-corrected chi connectivity index (χ2v) is 5.40. The Morgan fingerprint density at radius 2 is 1.71 bits per heavy atom. The standard InChI is InChI=1S/C14H9BrF3NOS/c15-10-2-1-3-11(12(10)13(19)21)20-9-6-4-8(5-7-9)14(16,17)18/h1-7H,(H2,19,21). The predicted molar refractivity (Wildman–Crippen MR) is 81.5 cm³/mol. The Morgan fingerprint density at radius 3 is 2.24 bits per heavy atom. The first-order chi connectivity index (χ1) is 9.79. The van der Waals surface area contributed by atoms with Gasteiger partial charge < -0.3 is 10.5 Å². The van der Waals surface area contributed by atoms with Crippen LogP contribution in [0.15, 0.2) is 46.9 Å². The minimum atomic E-state index is -4.38. The highest BCUT2D eigenvalue weighted by Gasteiger charge is 2.30. The van der Waals surface area contributed by atoms with Gasteiger partial charge in [-0.15, -0.1) is 0 Å². The van der Waals surface area contributed by atoms with E-state index < -0.39 is 11.7 Å². The van der Waals surface area contributed by atoms with Crippen LogP contribution >= 0.6 is 28.1 Å². The average Bonchev–Trinajstić information content (AvgIpc) is 2.38. The van der Waals surface area contributed by atoms with E-state index in [0.717, 1.165) is 12.1 Å². The third-order valence-electron chi connectivity index (χ3n) is 2.63. The lowest BCUT2D eigenvalue weighted by Crippen LogP contribution is -2.11. The van der Waals surface area contributed by atoms with Crippen molar-refractivity contribution in [2.24, 2.45) is 5.73 Å². The van der Waals surface area contributed by atoms with Gasteiger partial charge in [-0.2, -0.15) is 13.2 Å². The summed E-state index contributed by atoms with van der Waals surface area (Å²) in [7, 11) is 0.